The van der Waals surface area contributed by atoms with Gasteiger partial charge in [-0.05, 0) is 38.1 Å². The first-order chi connectivity index (χ1) is 13.1. The van der Waals surface area contributed by atoms with Gasteiger partial charge in [-0.1, -0.05) is 12.1 Å². The molecule has 0 amide bonds. The molecule has 7 heteroatoms. The minimum Gasteiger partial charge on any atom is -0.362 e. The Morgan fingerprint density at radius 3 is 2.70 bits per heavy atom. The van der Waals surface area contributed by atoms with Crippen LogP contribution in [0.15, 0.2) is 53.6 Å². The van der Waals surface area contributed by atoms with E-state index in [9.17, 15) is 4.79 Å². The van der Waals surface area contributed by atoms with E-state index in [4.69, 9.17) is 0 Å². The Labute approximate surface area is 155 Å². The highest BCUT2D eigenvalue weighted by Gasteiger charge is 2.11. The van der Waals surface area contributed by atoms with Crippen molar-refractivity contribution in [3.05, 3.63) is 76.2 Å². The van der Waals surface area contributed by atoms with Gasteiger partial charge < -0.3 is 10.3 Å². The van der Waals surface area contributed by atoms with Gasteiger partial charge in [-0.3, -0.25) is 9.78 Å². The van der Waals surface area contributed by atoms with Crippen LogP contribution in [0.5, 0.6) is 0 Å². The zero-order valence-corrected chi connectivity index (χ0v) is 15.0. The first-order valence-electron chi connectivity index (χ1n) is 8.59. The lowest BCUT2D eigenvalue weighted by Gasteiger charge is -2.12. The maximum absolute atomic E-state index is 12.2. The SMILES string of the molecule is Cc1nc(-c2cccnc2)nc(NCc2nc3ccccc3c(=O)[nH]2)c1C. The number of anilines is 1. The predicted molar refractivity (Wildman–Crippen MR) is 104 cm³/mol. The second kappa shape index (κ2) is 6.95. The molecule has 4 rings (SSSR count). The van der Waals surface area contributed by atoms with Crippen molar-refractivity contribution in [3.63, 3.8) is 0 Å². The fourth-order valence-electron chi connectivity index (χ4n) is 2.81. The Morgan fingerprint density at radius 1 is 1.04 bits per heavy atom. The third-order valence-corrected chi connectivity index (χ3v) is 4.39. The first kappa shape index (κ1) is 16.8. The molecule has 0 saturated heterocycles. The van der Waals surface area contributed by atoms with Crippen LogP contribution in [-0.4, -0.2) is 24.9 Å². The number of aryl methyl sites for hydroxylation is 1. The molecule has 3 heterocycles. The highest BCUT2D eigenvalue weighted by molar-refractivity contribution is 5.77. The normalized spacial score (nSPS) is 10.9. The summed E-state index contributed by atoms with van der Waals surface area (Å²) in [4.78, 5) is 32.8. The summed E-state index contributed by atoms with van der Waals surface area (Å²) in [6, 6.07) is 11.0. The van der Waals surface area contributed by atoms with E-state index < -0.39 is 0 Å². The van der Waals surface area contributed by atoms with Crippen LogP contribution < -0.4 is 10.9 Å². The second-order valence-electron chi connectivity index (χ2n) is 6.23. The van der Waals surface area contributed by atoms with Crippen LogP contribution in [0, 0.1) is 13.8 Å². The van der Waals surface area contributed by atoms with Crippen LogP contribution in [0.3, 0.4) is 0 Å². The highest BCUT2D eigenvalue weighted by atomic mass is 16.1. The second-order valence-corrected chi connectivity index (χ2v) is 6.23. The van der Waals surface area contributed by atoms with Gasteiger partial charge in [0, 0.05) is 29.2 Å². The zero-order valence-electron chi connectivity index (χ0n) is 15.0. The standard InChI is InChI=1S/C20H18N6O/c1-12-13(2)23-19(14-6-5-9-21-10-14)26-18(12)22-11-17-24-16-8-4-3-7-15(16)20(27)25-17/h3-10H,11H2,1-2H3,(H,22,23,26)(H,24,25,27). The fourth-order valence-corrected chi connectivity index (χ4v) is 2.81. The van der Waals surface area contributed by atoms with E-state index in [1.807, 2.05) is 44.2 Å². The molecule has 3 aromatic heterocycles. The molecule has 0 bridgehead atoms. The number of aromatic amines is 1. The molecule has 0 atom stereocenters. The maximum Gasteiger partial charge on any atom is 0.258 e. The van der Waals surface area contributed by atoms with Crippen molar-refractivity contribution in [1.29, 1.82) is 0 Å². The molecule has 0 aliphatic carbocycles. The van der Waals surface area contributed by atoms with E-state index in [-0.39, 0.29) is 5.56 Å². The van der Waals surface area contributed by atoms with E-state index in [0.29, 0.717) is 34.9 Å². The maximum atomic E-state index is 12.2. The summed E-state index contributed by atoms with van der Waals surface area (Å²) in [5.74, 6) is 1.86. The van der Waals surface area contributed by atoms with Crippen LogP contribution in [0.1, 0.15) is 17.1 Å². The van der Waals surface area contributed by atoms with E-state index >= 15 is 0 Å². The van der Waals surface area contributed by atoms with Crippen molar-refractivity contribution >= 4 is 16.7 Å². The molecule has 134 valence electrons. The molecule has 0 fully saturated rings. The molecule has 1 aromatic carbocycles. The smallest absolute Gasteiger partial charge is 0.258 e. The van der Waals surface area contributed by atoms with Gasteiger partial charge >= 0.3 is 0 Å². The van der Waals surface area contributed by atoms with E-state index in [2.05, 4.69) is 30.2 Å². The summed E-state index contributed by atoms with van der Waals surface area (Å²) in [7, 11) is 0. The number of rotatable bonds is 4. The molecule has 0 aliphatic rings. The number of para-hydroxylation sites is 1. The van der Waals surface area contributed by atoms with Gasteiger partial charge in [0.25, 0.3) is 5.56 Å². The van der Waals surface area contributed by atoms with Crippen molar-refractivity contribution in [2.45, 2.75) is 20.4 Å². The van der Waals surface area contributed by atoms with E-state index in [1.165, 1.54) is 0 Å². The monoisotopic (exact) mass is 358 g/mol. The highest BCUT2D eigenvalue weighted by Crippen LogP contribution is 2.21. The van der Waals surface area contributed by atoms with Crippen molar-refractivity contribution < 1.29 is 0 Å². The van der Waals surface area contributed by atoms with Gasteiger partial charge in [-0.2, -0.15) is 0 Å². The summed E-state index contributed by atoms with van der Waals surface area (Å²) >= 11 is 0. The Hall–Kier alpha value is -3.61. The minimum atomic E-state index is -0.149. The summed E-state index contributed by atoms with van der Waals surface area (Å²) in [5.41, 5.74) is 3.20. The topological polar surface area (TPSA) is 96.4 Å². The van der Waals surface area contributed by atoms with Gasteiger partial charge in [-0.15, -0.1) is 0 Å². The molecule has 0 radical (unpaired) electrons. The molecule has 0 saturated carbocycles. The molecule has 0 spiro atoms. The molecular weight excluding hydrogens is 340 g/mol. The summed E-state index contributed by atoms with van der Waals surface area (Å²) in [6.07, 6.45) is 3.45. The van der Waals surface area contributed by atoms with Crippen LogP contribution in [0.25, 0.3) is 22.3 Å². The zero-order chi connectivity index (χ0) is 18.8. The average Bonchev–Trinajstić information content (AvgIpc) is 2.70. The Morgan fingerprint density at radius 2 is 1.89 bits per heavy atom. The minimum absolute atomic E-state index is 0.149. The third-order valence-electron chi connectivity index (χ3n) is 4.39. The van der Waals surface area contributed by atoms with Crippen LogP contribution in [-0.2, 0) is 6.54 Å². The molecule has 0 aliphatic heterocycles. The number of fused-ring (bicyclic) bond motifs is 1. The van der Waals surface area contributed by atoms with Crippen molar-refractivity contribution in [3.8, 4) is 11.4 Å². The van der Waals surface area contributed by atoms with Crippen LogP contribution >= 0.6 is 0 Å². The largest absolute Gasteiger partial charge is 0.362 e. The Kier molecular flexibility index (Phi) is 4.33. The lowest BCUT2D eigenvalue weighted by Crippen LogP contribution is -2.15. The lowest BCUT2D eigenvalue weighted by atomic mass is 10.2. The fraction of sp³-hybridized carbons (Fsp3) is 0.150. The van der Waals surface area contributed by atoms with Gasteiger partial charge in [0.1, 0.15) is 11.6 Å². The Balaban J connectivity index is 1.65. The number of benzene rings is 1. The third kappa shape index (κ3) is 3.39. The first-order valence-corrected chi connectivity index (χ1v) is 8.59. The number of nitrogens with one attached hydrogen (secondary N) is 2. The van der Waals surface area contributed by atoms with Gasteiger partial charge in [0.2, 0.25) is 0 Å². The van der Waals surface area contributed by atoms with Crippen LogP contribution in [0.2, 0.25) is 0 Å². The van der Waals surface area contributed by atoms with Gasteiger partial charge in [0.15, 0.2) is 5.82 Å². The number of H-pyrrole nitrogens is 1. The summed E-state index contributed by atoms with van der Waals surface area (Å²) in [5, 5.41) is 3.85. The molecule has 0 unspecified atom stereocenters. The summed E-state index contributed by atoms with van der Waals surface area (Å²) < 4.78 is 0. The van der Waals surface area contributed by atoms with E-state index in [0.717, 1.165) is 16.8 Å². The Bertz CT molecular complexity index is 1170. The number of hydrogen-bond acceptors (Lipinski definition) is 6. The molecule has 2 N–H and O–H groups in total. The molecular formula is C20H18N6O. The quantitative estimate of drug-likeness (QED) is 0.582. The number of aromatic nitrogens is 5. The lowest BCUT2D eigenvalue weighted by molar-refractivity contribution is 0.935. The van der Waals surface area contributed by atoms with Crippen LogP contribution in [0.4, 0.5) is 5.82 Å². The number of nitrogens with zero attached hydrogens (tertiary/aromatic N) is 4. The predicted octanol–water partition coefficient (Wildman–Crippen LogP) is 3.00. The molecule has 7 nitrogen and oxygen atoms in total. The van der Waals surface area contributed by atoms with Crippen molar-refractivity contribution in [2.75, 3.05) is 5.32 Å². The number of pyridine rings is 1. The average molecular weight is 358 g/mol. The van der Waals surface area contributed by atoms with Gasteiger partial charge in [-0.25, -0.2) is 15.0 Å². The molecule has 27 heavy (non-hydrogen) atoms. The van der Waals surface area contributed by atoms with Crippen molar-refractivity contribution in [1.82, 2.24) is 24.9 Å². The van der Waals surface area contributed by atoms with Gasteiger partial charge in [0.05, 0.1) is 17.4 Å². The molecule has 4 aromatic rings. The van der Waals surface area contributed by atoms with Crippen molar-refractivity contribution in [2.24, 2.45) is 0 Å². The summed E-state index contributed by atoms with van der Waals surface area (Å²) in [6.45, 7) is 4.25. The van der Waals surface area contributed by atoms with E-state index in [1.54, 1.807) is 18.5 Å². The number of hydrogen-bond donors (Lipinski definition) is 2.